The average Bonchev–Trinajstić information content (AvgIpc) is 2.87. The highest BCUT2D eigenvalue weighted by Crippen LogP contribution is 2.46. The molecule has 128 valence electrons. The van der Waals surface area contributed by atoms with Gasteiger partial charge in [-0.25, -0.2) is 0 Å². The van der Waals surface area contributed by atoms with E-state index in [1.807, 2.05) is 0 Å². The third-order valence-corrected chi connectivity index (χ3v) is 3.67. The quantitative estimate of drug-likeness (QED) is 0.579. The van der Waals surface area contributed by atoms with Crippen LogP contribution in [0.25, 0.3) is 21.7 Å². The zero-order chi connectivity index (χ0) is 18.3. The maximum absolute atomic E-state index is 11.9. The summed E-state index contributed by atoms with van der Waals surface area (Å²) in [4.78, 5) is 35.1. The second kappa shape index (κ2) is 5.94. The van der Waals surface area contributed by atoms with Crippen LogP contribution in [0.3, 0.4) is 0 Å². The molecular weight excluding hydrogens is 326 g/mol. The van der Waals surface area contributed by atoms with Crippen LogP contribution in [0.4, 0.5) is 0 Å². The van der Waals surface area contributed by atoms with Crippen molar-refractivity contribution in [1.29, 1.82) is 0 Å². The molecule has 0 aliphatic carbocycles. The van der Waals surface area contributed by atoms with Crippen molar-refractivity contribution in [3.8, 4) is 11.5 Å². The first kappa shape index (κ1) is 16.5. The van der Waals surface area contributed by atoms with Gasteiger partial charge in [-0.2, -0.15) is 0 Å². The molecule has 0 saturated carbocycles. The van der Waals surface area contributed by atoms with Crippen molar-refractivity contribution < 1.29 is 28.3 Å². The lowest BCUT2D eigenvalue weighted by Crippen LogP contribution is -2.12. The molecule has 2 aromatic carbocycles. The number of benzene rings is 2. The SMILES string of the molecule is CC(=O)Oc1c2ccccc2c(OC(C)=O)c2c(C(N)=O)c(C)oc12. The van der Waals surface area contributed by atoms with Crippen LogP contribution in [0.1, 0.15) is 30.0 Å². The van der Waals surface area contributed by atoms with Crippen LogP contribution in [-0.2, 0) is 9.59 Å². The van der Waals surface area contributed by atoms with Gasteiger partial charge in [-0.1, -0.05) is 24.3 Å². The number of carbonyl (C=O) groups excluding carboxylic acids is 3. The van der Waals surface area contributed by atoms with Crippen LogP contribution in [-0.4, -0.2) is 17.8 Å². The van der Waals surface area contributed by atoms with Gasteiger partial charge in [-0.15, -0.1) is 0 Å². The topological polar surface area (TPSA) is 109 Å². The molecule has 0 aliphatic heterocycles. The third-order valence-electron chi connectivity index (χ3n) is 3.67. The van der Waals surface area contributed by atoms with Gasteiger partial charge in [0.15, 0.2) is 17.1 Å². The number of hydrogen-bond acceptors (Lipinski definition) is 6. The molecule has 1 aromatic heterocycles. The lowest BCUT2D eigenvalue weighted by atomic mass is 10.0. The summed E-state index contributed by atoms with van der Waals surface area (Å²) in [6, 6.07) is 6.86. The first-order valence-corrected chi connectivity index (χ1v) is 7.45. The van der Waals surface area contributed by atoms with Gasteiger partial charge in [-0.05, 0) is 6.92 Å². The van der Waals surface area contributed by atoms with Gasteiger partial charge in [-0.3, -0.25) is 14.4 Å². The summed E-state index contributed by atoms with van der Waals surface area (Å²) in [5, 5.41) is 1.20. The number of furan rings is 1. The average molecular weight is 341 g/mol. The largest absolute Gasteiger partial charge is 0.456 e. The Kier molecular flexibility index (Phi) is 3.92. The van der Waals surface area contributed by atoms with Gasteiger partial charge in [0.2, 0.25) is 0 Å². The Morgan fingerprint density at radius 1 is 0.960 bits per heavy atom. The van der Waals surface area contributed by atoms with Crippen LogP contribution in [0, 0.1) is 6.92 Å². The molecule has 0 fully saturated rings. The summed E-state index contributed by atoms with van der Waals surface area (Å²) in [6.07, 6.45) is 0. The van der Waals surface area contributed by atoms with Crippen molar-refractivity contribution in [3.05, 3.63) is 35.6 Å². The van der Waals surface area contributed by atoms with Crippen molar-refractivity contribution >= 4 is 39.6 Å². The number of hydrogen-bond donors (Lipinski definition) is 1. The fourth-order valence-corrected chi connectivity index (χ4v) is 2.85. The van der Waals surface area contributed by atoms with Crippen molar-refractivity contribution in [3.63, 3.8) is 0 Å². The monoisotopic (exact) mass is 341 g/mol. The van der Waals surface area contributed by atoms with E-state index in [0.717, 1.165) is 0 Å². The van der Waals surface area contributed by atoms with Gasteiger partial charge < -0.3 is 19.6 Å². The fourth-order valence-electron chi connectivity index (χ4n) is 2.85. The lowest BCUT2D eigenvalue weighted by Gasteiger charge is -2.12. The Hall–Kier alpha value is -3.35. The van der Waals surface area contributed by atoms with E-state index in [1.165, 1.54) is 13.8 Å². The Morgan fingerprint density at radius 2 is 1.48 bits per heavy atom. The molecule has 0 saturated heterocycles. The van der Waals surface area contributed by atoms with Gasteiger partial charge in [0, 0.05) is 24.6 Å². The highest BCUT2D eigenvalue weighted by atomic mass is 16.5. The van der Waals surface area contributed by atoms with Crippen LogP contribution in [0.15, 0.2) is 28.7 Å². The summed E-state index contributed by atoms with van der Waals surface area (Å²) in [5.41, 5.74) is 5.67. The maximum atomic E-state index is 11.9. The van der Waals surface area contributed by atoms with Crippen LogP contribution in [0.5, 0.6) is 11.5 Å². The van der Waals surface area contributed by atoms with Crippen LogP contribution in [0.2, 0.25) is 0 Å². The van der Waals surface area contributed by atoms with Crippen molar-refractivity contribution in [2.75, 3.05) is 0 Å². The molecule has 0 aliphatic rings. The number of rotatable bonds is 3. The van der Waals surface area contributed by atoms with E-state index >= 15 is 0 Å². The molecule has 3 aromatic rings. The van der Waals surface area contributed by atoms with E-state index in [-0.39, 0.29) is 33.8 Å². The van der Waals surface area contributed by atoms with Gasteiger partial charge in [0.1, 0.15) is 5.76 Å². The summed E-state index contributed by atoms with van der Waals surface area (Å²) < 4.78 is 16.3. The first-order chi connectivity index (χ1) is 11.8. The van der Waals surface area contributed by atoms with Gasteiger partial charge in [0.05, 0.1) is 10.9 Å². The van der Waals surface area contributed by atoms with Crippen LogP contribution >= 0.6 is 0 Å². The van der Waals surface area contributed by atoms with Crippen molar-refractivity contribution in [1.82, 2.24) is 0 Å². The molecule has 7 nitrogen and oxygen atoms in total. The molecule has 25 heavy (non-hydrogen) atoms. The molecule has 0 unspecified atom stereocenters. The molecule has 3 rings (SSSR count). The van der Waals surface area contributed by atoms with Gasteiger partial charge >= 0.3 is 11.9 Å². The first-order valence-electron chi connectivity index (χ1n) is 7.45. The number of nitrogens with two attached hydrogens (primary N) is 1. The van der Waals surface area contributed by atoms with Crippen molar-refractivity contribution in [2.45, 2.75) is 20.8 Å². The predicted molar refractivity (Wildman–Crippen MR) is 89.6 cm³/mol. The molecule has 1 amide bonds. The summed E-state index contributed by atoms with van der Waals surface area (Å²) in [6.45, 7) is 4.06. The summed E-state index contributed by atoms with van der Waals surface area (Å²) >= 11 is 0. The fraction of sp³-hybridized carbons (Fsp3) is 0.167. The Balaban J connectivity index is 2.58. The molecule has 0 spiro atoms. The molecule has 0 radical (unpaired) electrons. The molecule has 1 heterocycles. The van der Waals surface area contributed by atoms with E-state index in [1.54, 1.807) is 31.2 Å². The second-order valence-corrected chi connectivity index (χ2v) is 5.49. The molecule has 0 bridgehead atoms. The van der Waals surface area contributed by atoms with E-state index in [0.29, 0.717) is 10.8 Å². The van der Waals surface area contributed by atoms with E-state index < -0.39 is 17.8 Å². The van der Waals surface area contributed by atoms with E-state index in [2.05, 4.69) is 0 Å². The highest BCUT2D eigenvalue weighted by molar-refractivity contribution is 6.18. The molecule has 0 atom stereocenters. The molecule has 2 N–H and O–H groups in total. The van der Waals surface area contributed by atoms with Gasteiger partial charge in [0.25, 0.3) is 5.91 Å². The third kappa shape index (κ3) is 2.69. The zero-order valence-corrected chi connectivity index (χ0v) is 13.8. The number of primary amides is 1. The van der Waals surface area contributed by atoms with E-state index in [4.69, 9.17) is 19.6 Å². The molecular formula is C18H15NO6. The summed E-state index contributed by atoms with van der Waals surface area (Å²) in [5.74, 6) is -1.35. The highest BCUT2D eigenvalue weighted by Gasteiger charge is 2.27. The zero-order valence-electron chi connectivity index (χ0n) is 13.8. The number of esters is 2. The maximum Gasteiger partial charge on any atom is 0.308 e. The minimum atomic E-state index is -0.742. The number of aryl methyl sites for hydroxylation is 1. The molecule has 7 heteroatoms. The number of amides is 1. The number of ether oxygens (including phenoxy) is 2. The minimum absolute atomic E-state index is 0.0744. The van der Waals surface area contributed by atoms with E-state index in [9.17, 15) is 14.4 Å². The predicted octanol–water partition coefficient (Wildman–Crippen LogP) is 2.84. The van der Waals surface area contributed by atoms with Crippen LogP contribution < -0.4 is 15.2 Å². The Labute approximate surface area is 142 Å². The minimum Gasteiger partial charge on any atom is -0.456 e. The van der Waals surface area contributed by atoms with Crippen molar-refractivity contribution in [2.24, 2.45) is 5.73 Å². The smallest absolute Gasteiger partial charge is 0.308 e. The number of fused-ring (bicyclic) bond motifs is 2. The lowest BCUT2D eigenvalue weighted by molar-refractivity contribution is -0.132. The normalized spacial score (nSPS) is 10.8. The summed E-state index contributed by atoms with van der Waals surface area (Å²) in [7, 11) is 0. The Morgan fingerprint density at radius 3 is 2.00 bits per heavy atom. The number of carbonyl (C=O) groups is 3. The standard InChI is InChI=1S/C18H15NO6/c1-8-13(18(19)22)14-15(24-9(2)20)11-6-4-5-7-12(11)16(17(14)23-8)25-10(3)21/h4-7H,1-3H3,(H2,19,22). The Bertz CT molecular complexity index is 1050. The second-order valence-electron chi connectivity index (χ2n) is 5.49.